The number of furan rings is 1. The first-order valence-corrected chi connectivity index (χ1v) is 9.61. The van der Waals surface area contributed by atoms with Gasteiger partial charge in [-0.05, 0) is 37.5 Å². The molecule has 0 aliphatic carbocycles. The largest absolute Gasteiger partial charge is 0.493 e. The Morgan fingerprint density at radius 3 is 2.77 bits per heavy atom. The molecule has 0 bridgehead atoms. The Labute approximate surface area is 155 Å². The number of benzene rings is 1. The zero-order chi connectivity index (χ0) is 17.8. The quantitative estimate of drug-likeness (QED) is 0.838. The summed E-state index contributed by atoms with van der Waals surface area (Å²) in [4.78, 5) is 5.14. The van der Waals surface area contributed by atoms with Gasteiger partial charge >= 0.3 is 0 Å². The third kappa shape index (κ3) is 3.89. The molecule has 1 fully saturated rings. The van der Waals surface area contributed by atoms with E-state index in [-0.39, 0.29) is 0 Å². The van der Waals surface area contributed by atoms with E-state index in [9.17, 15) is 0 Å². The van der Waals surface area contributed by atoms with Crippen LogP contribution in [0.5, 0.6) is 11.5 Å². The number of rotatable bonds is 4. The normalized spacial score (nSPS) is 20.0. The molecule has 0 saturated carbocycles. The van der Waals surface area contributed by atoms with Crippen molar-refractivity contribution < 1.29 is 13.9 Å². The fraction of sp³-hybridized carbons (Fsp3) is 0.524. The van der Waals surface area contributed by atoms with E-state index in [4.69, 9.17) is 13.9 Å². The maximum absolute atomic E-state index is 5.99. The second-order valence-corrected chi connectivity index (χ2v) is 7.21. The Hall–Kier alpha value is -1.98. The van der Waals surface area contributed by atoms with Crippen molar-refractivity contribution in [3.8, 4) is 11.5 Å². The van der Waals surface area contributed by atoms with Crippen LogP contribution in [0, 0.1) is 0 Å². The Morgan fingerprint density at radius 2 is 2.00 bits per heavy atom. The van der Waals surface area contributed by atoms with Gasteiger partial charge in [-0.2, -0.15) is 0 Å². The second-order valence-electron chi connectivity index (χ2n) is 7.21. The highest BCUT2D eigenvalue weighted by Gasteiger charge is 2.27. The van der Waals surface area contributed by atoms with E-state index in [1.54, 1.807) is 13.4 Å². The number of para-hydroxylation sites is 1. The Morgan fingerprint density at radius 1 is 1.12 bits per heavy atom. The van der Waals surface area contributed by atoms with Gasteiger partial charge in [0.25, 0.3) is 0 Å². The highest BCUT2D eigenvalue weighted by Crippen LogP contribution is 2.34. The molecule has 5 nitrogen and oxygen atoms in total. The molecule has 1 aromatic carbocycles. The molecular formula is C21H28N2O3. The van der Waals surface area contributed by atoms with Gasteiger partial charge in [-0.3, -0.25) is 9.80 Å². The molecule has 2 aromatic rings. The van der Waals surface area contributed by atoms with Gasteiger partial charge in [-0.25, -0.2) is 0 Å². The number of hydrogen-bond donors (Lipinski definition) is 0. The first-order valence-electron chi connectivity index (χ1n) is 9.61. The van der Waals surface area contributed by atoms with E-state index in [2.05, 4.69) is 28.0 Å². The average Bonchev–Trinajstić information content (AvgIpc) is 3.16. The van der Waals surface area contributed by atoms with Crippen molar-refractivity contribution >= 4 is 0 Å². The minimum atomic E-state index is 0.639. The molecule has 1 aromatic heterocycles. The van der Waals surface area contributed by atoms with Crippen LogP contribution < -0.4 is 9.47 Å². The molecule has 26 heavy (non-hydrogen) atoms. The van der Waals surface area contributed by atoms with Crippen molar-refractivity contribution in [1.29, 1.82) is 0 Å². The molecule has 0 atom stereocenters. The zero-order valence-electron chi connectivity index (χ0n) is 15.5. The number of methoxy groups -OCH3 is 1. The molecule has 1 saturated heterocycles. The Balaban J connectivity index is 1.40. The third-order valence-corrected chi connectivity index (χ3v) is 5.52. The summed E-state index contributed by atoms with van der Waals surface area (Å²) in [6.45, 7) is 5.97. The van der Waals surface area contributed by atoms with Crippen LogP contribution in [0.25, 0.3) is 0 Å². The van der Waals surface area contributed by atoms with Gasteiger partial charge in [-0.15, -0.1) is 0 Å². The smallest absolute Gasteiger partial charge is 0.165 e. The molecule has 0 unspecified atom stereocenters. The van der Waals surface area contributed by atoms with Crippen molar-refractivity contribution in [3.63, 3.8) is 0 Å². The van der Waals surface area contributed by atoms with Crippen molar-refractivity contribution in [2.45, 2.75) is 38.4 Å². The van der Waals surface area contributed by atoms with Crippen molar-refractivity contribution in [2.24, 2.45) is 0 Å². The van der Waals surface area contributed by atoms with Crippen LogP contribution in [-0.4, -0.2) is 49.2 Å². The van der Waals surface area contributed by atoms with Gasteiger partial charge in [0.05, 0.1) is 26.5 Å². The first-order chi connectivity index (χ1) is 12.8. The number of ether oxygens (including phenoxy) is 2. The fourth-order valence-corrected chi connectivity index (χ4v) is 4.13. The molecule has 0 spiro atoms. The lowest BCUT2D eigenvalue weighted by Crippen LogP contribution is -2.45. The van der Waals surface area contributed by atoms with Gasteiger partial charge in [0.2, 0.25) is 0 Å². The van der Waals surface area contributed by atoms with E-state index in [0.29, 0.717) is 6.04 Å². The van der Waals surface area contributed by atoms with E-state index < -0.39 is 0 Å². The molecule has 0 amide bonds. The summed E-state index contributed by atoms with van der Waals surface area (Å²) in [5, 5.41) is 0. The van der Waals surface area contributed by atoms with Crippen LogP contribution in [0.1, 0.15) is 30.6 Å². The van der Waals surface area contributed by atoms with Crippen molar-refractivity contribution in [3.05, 3.63) is 47.9 Å². The van der Waals surface area contributed by atoms with E-state index in [0.717, 1.165) is 63.0 Å². The van der Waals surface area contributed by atoms with Crippen molar-refractivity contribution in [2.75, 3.05) is 33.4 Å². The summed E-state index contributed by atoms with van der Waals surface area (Å²) in [5.74, 6) is 2.83. The Bertz CT molecular complexity index is 693. The molecule has 3 heterocycles. The van der Waals surface area contributed by atoms with Crippen LogP contribution >= 0.6 is 0 Å². The third-order valence-electron chi connectivity index (χ3n) is 5.52. The second kappa shape index (κ2) is 8.14. The SMILES string of the molecule is COc1cccc2c1OCCCN(C1CCN(Cc3ccco3)CC1)C2. The van der Waals surface area contributed by atoms with E-state index in [1.807, 2.05) is 12.1 Å². The van der Waals surface area contributed by atoms with Crippen LogP contribution in [0.2, 0.25) is 0 Å². The van der Waals surface area contributed by atoms with Gasteiger partial charge < -0.3 is 13.9 Å². The summed E-state index contributed by atoms with van der Waals surface area (Å²) in [6.07, 6.45) is 5.24. The molecule has 5 heteroatoms. The molecule has 2 aliphatic rings. The number of nitrogens with zero attached hydrogens (tertiary/aromatic N) is 2. The predicted octanol–water partition coefficient (Wildman–Crippen LogP) is 3.54. The topological polar surface area (TPSA) is 38.1 Å². The average molecular weight is 356 g/mol. The van der Waals surface area contributed by atoms with E-state index in [1.165, 1.54) is 18.4 Å². The van der Waals surface area contributed by atoms with Gasteiger partial charge in [0.1, 0.15) is 5.76 Å². The lowest BCUT2D eigenvalue weighted by Gasteiger charge is -2.39. The molecule has 0 radical (unpaired) electrons. The van der Waals surface area contributed by atoms with E-state index >= 15 is 0 Å². The summed E-state index contributed by atoms with van der Waals surface area (Å²) >= 11 is 0. The maximum Gasteiger partial charge on any atom is 0.165 e. The predicted molar refractivity (Wildman–Crippen MR) is 101 cm³/mol. The molecule has 4 rings (SSSR count). The first kappa shape index (κ1) is 17.4. The lowest BCUT2D eigenvalue weighted by atomic mass is 10.0. The number of piperidine rings is 1. The minimum absolute atomic E-state index is 0.639. The lowest BCUT2D eigenvalue weighted by molar-refractivity contribution is 0.0850. The maximum atomic E-state index is 5.99. The molecular weight excluding hydrogens is 328 g/mol. The van der Waals surface area contributed by atoms with Crippen LogP contribution in [0.15, 0.2) is 41.0 Å². The highest BCUT2D eigenvalue weighted by molar-refractivity contribution is 5.46. The number of likely N-dealkylation sites (tertiary alicyclic amines) is 1. The number of fused-ring (bicyclic) bond motifs is 1. The van der Waals surface area contributed by atoms with Crippen molar-refractivity contribution in [1.82, 2.24) is 9.80 Å². The summed E-state index contributed by atoms with van der Waals surface area (Å²) in [6, 6.07) is 10.9. The van der Waals surface area contributed by atoms with Gasteiger partial charge in [0.15, 0.2) is 11.5 Å². The van der Waals surface area contributed by atoms with Gasteiger partial charge in [-0.1, -0.05) is 12.1 Å². The number of hydrogen-bond acceptors (Lipinski definition) is 5. The molecule has 140 valence electrons. The molecule has 0 N–H and O–H groups in total. The fourth-order valence-electron chi connectivity index (χ4n) is 4.13. The van der Waals surface area contributed by atoms with Crippen LogP contribution in [0.4, 0.5) is 0 Å². The summed E-state index contributed by atoms with van der Waals surface area (Å²) in [5.41, 5.74) is 1.24. The van der Waals surface area contributed by atoms with Crippen LogP contribution in [0.3, 0.4) is 0 Å². The summed E-state index contributed by atoms with van der Waals surface area (Å²) in [7, 11) is 1.71. The Kier molecular flexibility index (Phi) is 5.46. The summed E-state index contributed by atoms with van der Waals surface area (Å²) < 4.78 is 17.0. The standard InChI is InChI=1S/C21H28N2O3/c1-24-20-7-2-5-17-15-23(10-4-14-26-21(17)20)18-8-11-22(12-9-18)16-19-6-3-13-25-19/h2-3,5-7,13,18H,4,8-12,14-16H2,1H3. The van der Waals surface area contributed by atoms with Crippen LogP contribution in [-0.2, 0) is 13.1 Å². The monoisotopic (exact) mass is 356 g/mol. The van der Waals surface area contributed by atoms with Gasteiger partial charge in [0, 0.05) is 37.8 Å². The highest BCUT2D eigenvalue weighted by atomic mass is 16.5. The molecule has 2 aliphatic heterocycles. The minimum Gasteiger partial charge on any atom is -0.493 e. The zero-order valence-corrected chi connectivity index (χ0v) is 15.5.